The van der Waals surface area contributed by atoms with Crippen molar-refractivity contribution in [3.63, 3.8) is 0 Å². The van der Waals surface area contributed by atoms with Crippen LogP contribution in [0.2, 0.25) is 0 Å². The minimum absolute atomic E-state index is 0. The highest BCUT2D eigenvalue weighted by Crippen LogP contribution is 2.10. The molecule has 0 aliphatic carbocycles. The number of hydrogen-bond donors (Lipinski definition) is 2. The standard InChI is InChI=1S/C16H33N3O2.HI/c1-4-14(5-2)13-19-16(17-3)18-9-6-10-21-15-7-11-20-12-8-15;/h14-15H,4-13H2,1-3H3,(H2,17,18,19);1H. The van der Waals surface area contributed by atoms with Crippen LogP contribution in [0.4, 0.5) is 0 Å². The molecule has 1 aliphatic heterocycles. The molecule has 1 rings (SSSR count). The summed E-state index contributed by atoms with van der Waals surface area (Å²) in [5.74, 6) is 1.62. The van der Waals surface area contributed by atoms with Gasteiger partial charge in [0, 0.05) is 40.0 Å². The predicted molar refractivity (Wildman–Crippen MR) is 103 cm³/mol. The first-order valence-corrected chi connectivity index (χ1v) is 8.44. The molecule has 0 saturated carbocycles. The number of hydrogen-bond acceptors (Lipinski definition) is 3. The summed E-state index contributed by atoms with van der Waals surface area (Å²) in [6.07, 6.45) is 5.88. The van der Waals surface area contributed by atoms with Gasteiger partial charge < -0.3 is 20.1 Å². The van der Waals surface area contributed by atoms with Crippen LogP contribution in [0, 0.1) is 5.92 Å². The Labute approximate surface area is 153 Å². The average Bonchev–Trinajstić information content (AvgIpc) is 2.54. The Morgan fingerprint density at radius 3 is 2.50 bits per heavy atom. The molecule has 2 N–H and O–H groups in total. The van der Waals surface area contributed by atoms with Crippen molar-refractivity contribution in [1.82, 2.24) is 10.6 Å². The predicted octanol–water partition coefficient (Wildman–Crippen LogP) is 2.79. The summed E-state index contributed by atoms with van der Waals surface area (Å²) in [4.78, 5) is 4.25. The van der Waals surface area contributed by atoms with Crippen molar-refractivity contribution in [3.05, 3.63) is 0 Å². The van der Waals surface area contributed by atoms with Crippen molar-refractivity contribution < 1.29 is 9.47 Å². The smallest absolute Gasteiger partial charge is 0.190 e. The van der Waals surface area contributed by atoms with E-state index in [2.05, 4.69) is 29.5 Å². The third-order valence-electron chi connectivity index (χ3n) is 4.07. The van der Waals surface area contributed by atoms with Crippen molar-refractivity contribution in [2.75, 3.05) is 40.0 Å². The van der Waals surface area contributed by atoms with Crippen LogP contribution < -0.4 is 10.6 Å². The fourth-order valence-electron chi connectivity index (χ4n) is 2.41. The fraction of sp³-hybridized carbons (Fsp3) is 0.938. The van der Waals surface area contributed by atoms with E-state index in [1.165, 1.54) is 12.8 Å². The highest BCUT2D eigenvalue weighted by molar-refractivity contribution is 14.0. The van der Waals surface area contributed by atoms with Crippen LogP contribution in [0.3, 0.4) is 0 Å². The van der Waals surface area contributed by atoms with E-state index in [1.807, 2.05) is 7.05 Å². The number of nitrogens with zero attached hydrogens (tertiary/aromatic N) is 1. The zero-order valence-electron chi connectivity index (χ0n) is 14.4. The van der Waals surface area contributed by atoms with Crippen molar-refractivity contribution >= 4 is 29.9 Å². The van der Waals surface area contributed by atoms with Crippen LogP contribution in [0.1, 0.15) is 46.0 Å². The molecule has 0 amide bonds. The molecule has 0 aromatic carbocycles. The maximum atomic E-state index is 5.85. The van der Waals surface area contributed by atoms with E-state index in [1.54, 1.807) is 0 Å². The van der Waals surface area contributed by atoms with E-state index >= 15 is 0 Å². The monoisotopic (exact) mass is 427 g/mol. The first kappa shape index (κ1) is 21.9. The Kier molecular flexibility index (Phi) is 14.5. The molecular formula is C16H34IN3O2. The second-order valence-electron chi connectivity index (χ2n) is 5.60. The van der Waals surface area contributed by atoms with E-state index in [0.717, 1.165) is 64.1 Å². The normalized spacial score (nSPS) is 16.5. The van der Waals surface area contributed by atoms with Crippen molar-refractivity contribution in [2.24, 2.45) is 10.9 Å². The summed E-state index contributed by atoms with van der Waals surface area (Å²) in [7, 11) is 1.82. The van der Waals surface area contributed by atoms with Crippen molar-refractivity contribution in [3.8, 4) is 0 Å². The van der Waals surface area contributed by atoms with E-state index in [0.29, 0.717) is 6.10 Å². The Morgan fingerprint density at radius 1 is 1.23 bits per heavy atom. The van der Waals surface area contributed by atoms with Gasteiger partial charge in [-0.3, -0.25) is 4.99 Å². The average molecular weight is 427 g/mol. The quantitative estimate of drug-likeness (QED) is 0.257. The molecule has 0 aromatic rings. The lowest BCUT2D eigenvalue weighted by atomic mass is 10.0. The maximum Gasteiger partial charge on any atom is 0.190 e. The number of guanidine groups is 1. The number of ether oxygens (including phenoxy) is 2. The second kappa shape index (κ2) is 14.5. The molecule has 1 fully saturated rings. The molecular weight excluding hydrogens is 393 g/mol. The largest absolute Gasteiger partial charge is 0.381 e. The molecule has 0 bridgehead atoms. The SMILES string of the molecule is CCC(CC)CNC(=NC)NCCCOC1CCOCC1.I. The van der Waals surface area contributed by atoms with Crippen LogP contribution in [-0.2, 0) is 9.47 Å². The van der Waals surface area contributed by atoms with E-state index < -0.39 is 0 Å². The highest BCUT2D eigenvalue weighted by Gasteiger charge is 2.13. The zero-order chi connectivity index (χ0) is 15.3. The van der Waals surface area contributed by atoms with E-state index in [4.69, 9.17) is 9.47 Å². The summed E-state index contributed by atoms with van der Waals surface area (Å²) < 4.78 is 11.2. The zero-order valence-corrected chi connectivity index (χ0v) is 16.7. The minimum Gasteiger partial charge on any atom is -0.381 e. The maximum absolute atomic E-state index is 5.85. The molecule has 0 unspecified atom stereocenters. The molecule has 5 nitrogen and oxygen atoms in total. The lowest BCUT2D eigenvalue weighted by Gasteiger charge is -2.22. The van der Waals surface area contributed by atoms with Gasteiger partial charge in [-0.25, -0.2) is 0 Å². The van der Waals surface area contributed by atoms with Crippen LogP contribution >= 0.6 is 24.0 Å². The molecule has 0 radical (unpaired) electrons. The molecule has 0 aromatic heterocycles. The molecule has 0 spiro atoms. The lowest BCUT2D eigenvalue weighted by Crippen LogP contribution is -2.40. The number of aliphatic imine (C=N–C) groups is 1. The summed E-state index contributed by atoms with van der Waals surface area (Å²) >= 11 is 0. The second-order valence-corrected chi connectivity index (χ2v) is 5.60. The van der Waals surface area contributed by atoms with Gasteiger partial charge in [-0.05, 0) is 25.2 Å². The first-order valence-electron chi connectivity index (χ1n) is 8.44. The first-order chi connectivity index (χ1) is 10.3. The van der Waals surface area contributed by atoms with Crippen molar-refractivity contribution in [1.29, 1.82) is 0 Å². The minimum atomic E-state index is 0. The number of halogens is 1. The molecule has 1 heterocycles. The third-order valence-corrected chi connectivity index (χ3v) is 4.07. The van der Waals surface area contributed by atoms with Gasteiger partial charge in [0.2, 0.25) is 0 Å². The van der Waals surface area contributed by atoms with Gasteiger partial charge in [-0.2, -0.15) is 0 Å². The fourth-order valence-corrected chi connectivity index (χ4v) is 2.41. The summed E-state index contributed by atoms with van der Waals surface area (Å²) in [5.41, 5.74) is 0. The molecule has 1 aliphatic rings. The summed E-state index contributed by atoms with van der Waals surface area (Å²) in [6, 6.07) is 0. The van der Waals surface area contributed by atoms with Gasteiger partial charge in [0.1, 0.15) is 0 Å². The van der Waals surface area contributed by atoms with Gasteiger partial charge in [0.05, 0.1) is 6.10 Å². The molecule has 1 saturated heterocycles. The Morgan fingerprint density at radius 2 is 1.91 bits per heavy atom. The topological polar surface area (TPSA) is 54.9 Å². The highest BCUT2D eigenvalue weighted by atomic mass is 127. The van der Waals surface area contributed by atoms with Crippen LogP contribution in [0.25, 0.3) is 0 Å². The molecule has 132 valence electrons. The Balaban J connectivity index is 0.00000441. The molecule has 0 atom stereocenters. The third kappa shape index (κ3) is 9.84. The van der Waals surface area contributed by atoms with Crippen LogP contribution in [-0.4, -0.2) is 52.0 Å². The van der Waals surface area contributed by atoms with Gasteiger partial charge in [0.15, 0.2) is 5.96 Å². The van der Waals surface area contributed by atoms with E-state index in [-0.39, 0.29) is 24.0 Å². The molecule has 6 heteroatoms. The van der Waals surface area contributed by atoms with Crippen LogP contribution in [0.15, 0.2) is 4.99 Å². The Bertz CT molecular complexity index is 281. The van der Waals surface area contributed by atoms with Gasteiger partial charge >= 0.3 is 0 Å². The summed E-state index contributed by atoms with van der Waals surface area (Å²) in [5, 5.41) is 6.74. The lowest BCUT2D eigenvalue weighted by molar-refractivity contribution is -0.0320. The van der Waals surface area contributed by atoms with Gasteiger partial charge in [-0.15, -0.1) is 24.0 Å². The summed E-state index contributed by atoms with van der Waals surface area (Å²) in [6.45, 7) is 8.85. The molecule has 22 heavy (non-hydrogen) atoms. The number of rotatable bonds is 9. The number of nitrogens with one attached hydrogen (secondary N) is 2. The Hall–Kier alpha value is -0.0800. The van der Waals surface area contributed by atoms with E-state index in [9.17, 15) is 0 Å². The van der Waals surface area contributed by atoms with Gasteiger partial charge in [0.25, 0.3) is 0 Å². The van der Waals surface area contributed by atoms with Gasteiger partial charge in [-0.1, -0.05) is 26.7 Å². The van der Waals surface area contributed by atoms with Crippen LogP contribution in [0.5, 0.6) is 0 Å². The van der Waals surface area contributed by atoms with Crippen molar-refractivity contribution in [2.45, 2.75) is 52.1 Å².